The molecule has 1 aliphatic rings. The second-order valence-electron chi connectivity index (χ2n) is 10.6. The van der Waals surface area contributed by atoms with Crippen LogP contribution >= 0.6 is 0 Å². The van der Waals surface area contributed by atoms with Crippen molar-refractivity contribution in [2.24, 2.45) is 22.7 Å². The number of nitrogens with zero attached hydrogens (tertiary/aromatic N) is 1. The van der Waals surface area contributed by atoms with Crippen molar-refractivity contribution in [2.45, 2.75) is 121 Å². The Bertz CT molecular complexity index is 326. The van der Waals surface area contributed by atoms with Crippen LogP contribution < -0.4 is 0 Å². The Morgan fingerprint density at radius 3 is 1.72 bits per heavy atom. The molecule has 0 spiro atoms. The van der Waals surface area contributed by atoms with Crippen molar-refractivity contribution in [1.29, 1.82) is 0 Å². The first-order chi connectivity index (χ1) is 10.9. The molecule has 1 heteroatoms. The van der Waals surface area contributed by atoms with Crippen molar-refractivity contribution in [2.75, 3.05) is 13.1 Å². The van der Waals surface area contributed by atoms with E-state index in [0.29, 0.717) is 16.4 Å². The molecule has 0 aliphatic carbocycles. The number of rotatable bonds is 6. The van der Waals surface area contributed by atoms with E-state index in [1.54, 1.807) is 0 Å². The van der Waals surface area contributed by atoms with E-state index in [4.69, 9.17) is 0 Å². The summed E-state index contributed by atoms with van der Waals surface area (Å²) in [5.74, 6) is 1.82. The molecule has 154 valence electrons. The van der Waals surface area contributed by atoms with Crippen molar-refractivity contribution in [3.05, 3.63) is 0 Å². The summed E-state index contributed by atoms with van der Waals surface area (Å²) in [5.41, 5.74) is 1.27. The lowest BCUT2D eigenvalue weighted by atomic mass is 9.73. The van der Waals surface area contributed by atoms with Gasteiger partial charge in [0.1, 0.15) is 0 Å². The fourth-order valence-electron chi connectivity index (χ4n) is 4.67. The molecule has 0 aromatic rings. The van der Waals surface area contributed by atoms with Gasteiger partial charge in [-0.1, -0.05) is 76.2 Å². The number of likely N-dealkylation sites (tertiary alicyclic amines) is 1. The topological polar surface area (TPSA) is 3.24 Å². The van der Waals surface area contributed by atoms with Gasteiger partial charge in [-0.15, -0.1) is 0 Å². The summed E-state index contributed by atoms with van der Waals surface area (Å²) < 4.78 is 0. The van der Waals surface area contributed by atoms with Crippen LogP contribution in [0.5, 0.6) is 0 Å². The molecule has 1 aliphatic heterocycles. The maximum absolute atomic E-state index is 2.76. The third-order valence-electron chi connectivity index (χ3n) is 6.00. The molecule has 1 fully saturated rings. The van der Waals surface area contributed by atoms with Gasteiger partial charge in [-0.3, -0.25) is 4.90 Å². The van der Waals surface area contributed by atoms with E-state index < -0.39 is 0 Å². The standard InChI is InChI=1S/C21H43N.C2H6.CH4/c1-10-20(6,7)15-17(2)18-11-13-22(14-12-18)21(8,9)16-19(3,4)5;1-2;/h17-18H,10-16H2,1-9H3;1-2H3;1H4. The highest BCUT2D eigenvalue weighted by Gasteiger charge is 2.35. The number of hydrogen-bond acceptors (Lipinski definition) is 1. The molecule has 0 amide bonds. The molecule has 1 heterocycles. The fourth-order valence-corrected chi connectivity index (χ4v) is 4.67. The van der Waals surface area contributed by atoms with Crippen LogP contribution in [0.4, 0.5) is 0 Å². The van der Waals surface area contributed by atoms with Gasteiger partial charge in [0, 0.05) is 5.54 Å². The lowest BCUT2D eigenvalue weighted by Crippen LogP contribution is -2.50. The molecular formula is C24H53N. The van der Waals surface area contributed by atoms with Gasteiger partial charge in [0.15, 0.2) is 0 Å². The van der Waals surface area contributed by atoms with Crippen molar-refractivity contribution in [1.82, 2.24) is 4.90 Å². The molecule has 0 saturated carbocycles. The van der Waals surface area contributed by atoms with Crippen molar-refractivity contribution >= 4 is 0 Å². The molecule has 1 saturated heterocycles. The third-order valence-corrected chi connectivity index (χ3v) is 6.00. The third kappa shape index (κ3) is 10.0. The quantitative estimate of drug-likeness (QED) is 0.466. The van der Waals surface area contributed by atoms with Crippen molar-refractivity contribution in [3.8, 4) is 0 Å². The Kier molecular flexibility index (Phi) is 11.9. The molecule has 1 unspecified atom stereocenters. The minimum Gasteiger partial charge on any atom is -0.298 e. The second kappa shape index (κ2) is 11.0. The summed E-state index contributed by atoms with van der Waals surface area (Å²) in [6.07, 6.45) is 6.76. The van der Waals surface area contributed by atoms with Crippen LogP contribution in [0.2, 0.25) is 0 Å². The minimum absolute atomic E-state index is 0. The first-order valence-corrected chi connectivity index (χ1v) is 10.6. The van der Waals surface area contributed by atoms with Gasteiger partial charge >= 0.3 is 0 Å². The second-order valence-corrected chi connectivity index (χ2v) is 10.6. The van der Waals surface area contributed by atoms with Gasteiger partial charge in [-0.05, 0) is 75.3 Å². The lowest BCUT2D eigenvalue weighted by Gasteiger charge is -2.47. The molecule has 1 atom stereocenters. The minimum atomic E-state index is 0. The van der Waals surface area contributed by atoms with Gasteiger partial charge in [0.25, 0.3) is 0 Å². The van der Waals surface area contributed by atoms with E-state index in [-0.39, 0.29) is 7.43 Å². The molecule has 25 heavy (non-hydrogen) atoms. The summed E-state index contributed by atoms with van der Waals surface area (Å²) in [7, 11) is 0. The molecule has 1 rings (SSSR count). The SMILES string of the molecule is C.CC.CCC(C)(C)CC(C)C1CCN(C(C)(C)CC(C)(C)C)CC1. The zero-order valence-corrected chi connectivity index (χ0v) is 19.1. The predicted octanol–water partition coefficient (Wildman–Crippen LogP) is 8.04. The summed E-state index contributed by atoms with van der Waals surface area (Å²) in [6, 6.07) is 0. The molecule has 0 bridgehead atoms. The molecule has 0 N–H and O–H groups in total. The van der Waals surface area contributed by atoms with E-state index >= 15 is 0 Å². The maximum atomic E-state index is 2.76. The fraction of sp³-hybridized carbons (Fsp3) is 1.00. The average molecular weight is 356 g/mol. The summed E-state index contributed by atoms with van der Waals surface area (Å²) >= 11 is 0. The Balaban J connectivity index is 0. The summed E-state index contributed by atoms with van der Waals surface area (Å²) in [4.78, 5) is 2.76. The summed E-state index contributed by atoms with van der Waals surface area (Å²) in [5, 5.41) is 0. The molecule has 1 nitrogen and oxygen atoms in total. The molecule has 0 aromatic carbocycles. The van der Waals surface area contributed by atoms with E-state index in [1.165, 1.54) is 45.2 Å². The first-order valence-electron chi connectivity index (χ1n) is 10.6. The zero-order chi connectivity index (χ0) is 19.2. The molecule has 0 aromatic heterocycles. The van der Waals surface area contributed by atoms with E-state index in [9.17, 15) is 0 Å². The predicted molar refractivity (Wildman–Crippen MR) is 118 cm³/mol. The number of hydrogen-bond donors (Lipinski definition) is 0. The monoisotopic (exact) mass is 355 g/mol. The Morgan fingerprint density at radius 2 is 1.36 bits per heavy atom. The lowest BCUT2D eigenvalue weighted by molar-refractivity contribution is 0.0304. The zero-order valence-electron chi connectivity index (χ0n) is 19.1. The van der Waals surface area contributed by atoms with E-state index in [0.717, 1.165) is 11.8 Å². The Labute approximate surface area is 162 Å². The van der Waals surface area contributed by atoms with Crippen LogP contribution in [0.3, 0.4) is 0 Å². The number of piperidine rings is 1. The van der Waals surface area contributed by atoms with E-state index in [2.05, 4.69) is 67.2 Å². The average Bonchev–Trinajstić information content (AvgIpc) is 2.46. The van der Waals surface area contributed by atoms with Gasteiger partial charge in [0.2, 0.25) is 0 Å². The van der Waals surface area contributed by atoms with Gasteiger partial charge in [-0.2, -0.15) is 0 Å². The van der Waals surface area contributed by atoms with Crippen LogP contribution in [-0.2, 0) is 0 Å². The van der Waals surface area contributed by atoms with Crippen LogP contribution in [0.1, 0.15) is 116 Å². The van der Waals surface area contributed by atoms with E-state index in [1.807, 2.05) is 13.8 Å². The van der Waals surface area contributed by atoms with Crippen molar-refractivity contribution in [3.63, 3.8) is 0 Å². The highest BCUT2D eigenvalue weighted by atomic mass is 15.2. The van der Waals surface area contributed by atoms with Gasteiger partial charge in [-0.25, -0.2) is 0 Å². The molecular weight excluding hydrogens is 302 g/mol. The van der Waals surface area contributed by atoms with Crippen molar-refractivity contribution < 1.29 is 0 Å². The first kappa shape index (κ1) is 27.2. The van der Waals surface area contributed by atoms with Crippen LogP contribution in [-0.4, -0.2) is 23.5 Å². The highest BCUT2D eigenvalue weighted by molar-refractivity contribution is 4.90. The Morgan fingerprint density at radius 1 is 0.920 bits per heavy atom. The Hall–Kier alpha value is -0.0400. The maximum Gasteiger partial charge on any atom is 0.0158 e. The molecule has 0 radical (unpaired) electrons. The highest BCUT2D eigenvalue weighted by Crippen LogP contribution is 2.38. The normalized spacial score (nSPS) is 18.8. The van der Waals surface area contributed by atoms with Crippen LogP contribution in [0.15, 0.2) is 0 Å². The van der Waals surface area contributed by atoms with Gasteiger partial charge < -0.3 is 0 Å². The van der Waals surface area contributed by atoms with Crippen LogP contribution in [0, 0.1) is 22.7 Å². The van der Waals surface area contributed by atoms with Crippen LogP contribution in [0.25, 0.3) is 0 Å². The summed E-state index contributed by atoms with van der Waals surface area (Å²) in [6.45, 7) is 28.3. The van der Waals surface area contributed by atoms with Gasteiger partial charge in [0.05, 0.1) is 0 Å². The largest absolute Gasteiger partial charge is 0.298 e. The smallest absolute Gasteiger partial charge is 0.0158 e.